The summed E-state index contributed by atoms with van der Waals surface area (Å²) in [5.74, 6) is -4.33. The van der Waals surface area contributed by atoms with Crippen LogP contribution in [0, 0.1) is 0 Å². The van der Waals surface area contributed by atoms with Crippen molar-refractivity contribution in [3.05, 3.63) is 29.8 Å². The van der Waals surface area contributed by atoms with Gasteiger partial charge in [-0.15, -0.1) is 0 Å². The molecule has 1 aromatic rings. The first-order valence-corrected chi connectivity index (χ1v) is 8.78. The largest absolute Gasteiger partial charge is 0.508 e. The van der Waals surface area contributed by atoms with Crippen LogP contribution in [-0.4, -0.2) is 68.4 Å². The van der Waals surface area contributed by atoms with Gasteiger partial charge >= 0.3 is 11.9 Å². The van der Waals surface area contributed by atoms with Crippen LogP contribution in [0.3, 0.4) is 0 Å². The summed E-state index contributed by atoms with van der Waals surface area (Å²) in [4.78, 5) is 46.9. The van der Waals surface area contributed by atoms with Gasteiger partial charge in [0, 0.05) is 12.8 Å². The van der Waals surface area contributed by atoms with Gasteiger partial charge in [-0.05, 0) is 31.0 Å². The molecular formula is C18H25N3O8. The van der Waals surface area contributed by atoms with Crippen LogP contribution in [0.1, 0.15) is 25.3 Å². The zero-order valence-corrected chi connectivity index (χ0v) is 15.7. The highest BCUT2D eigenvalue weighted by Gasteiger charge is 2.29. The zero-order valence-electron chi connectivity index (χ0n) is 15.7. The molecule has 0 radical (unpaired) electrons. The van der Waals surface area contributed by atoms with E-state index in [0.717, 1.165) is 0 Å². The second-order valence-electron chi connectivity index (χ2n) is 6.53. The molecule has 0 aliphatic carbocycles. The number of amides is 2. The van der Waals surface area contributed by atoms with Crippen LogP contribution in [0.5, 0.6) is 5.75 Å². The molecule has 0 aliphatic heterocycles. The standard InChI is InChI=1S/C18H25N3O8/c1-9(22)15(19)17(27)20-12(6-7-14(24)25)16(26)21-13(18(28)29)8-10-2-4-11(23)5-3-10/h2-5,9,12-13,15,22-23H,6-8,19H2,1H3,(H,20,27)(H,21,26)(H,24,25)(H,28,29)/t9-,12+,13+,15+/m1/s1. The van der Waals surface area contributed by atoms with Crippen molar-refractivity contribution in [3.8, 4) is 5.75 Å². The highest BCUT2D eigenvalue weighted by Crippen LogP contribution is 2.12. The van der Waals surface area contributed by atoms with Crippen molar-refractivity contribution in [2.45, 2.75) is 50.4 Å². The van der Waals surface area contributed by atoms with Gasteiger partial charge in [-0.3, -0.25) is 14.4 Å². The number of benzene rings is 1. The van der Waals surface area contributed by atoms with Gasteiger partial charge in [0.1, 0.15) is 23.9 Å². The molecule has 1 aromatic carbocycles. The van der Waals surface area contributed by atoms with Crippen LogP contribution in [0.15, 0.2) is 24.3 Å². The predicted octanol–water partition coefficient (Wildman–Crippen LogP) is -1.44. The summed E-state index contributed by atoms with van der Waals surface area (Å²) in [5, 5.41) is 41.4. The van der Waals surface area contributed by atoms with Gasteiger partial charge in [0.15, 0.2) is 0 Å². The zero-order chi connectivity index (χ0) is 22.1. The fraction of sp³-hybridized carbons (Fsp3) is 0.444. The number of carboxylic acids is 2. The summed E-state index contributed by atoms with van der Waals surface area (Å²) in [6.07, 6.45) is -2.07. The highest BCUT2D eigenvalue weighted by atomic mass is 16.4. The molecule has 0 fully saturated rings. The summed E-state index contributed by atoms with van der Waals surface area (Å²) in [5.41, 5.74) is 6.03. The van der Waals surface area contributed by atoms with Crippen molar-refractivity contribution in [1.29, 1.82) is 0 Å². The monoisotopic (exact) mass is 411 g/mol. The summed E-state index contributed by atoms with van der Waals surface area (Å²) in [7, 11) is 0. The SMILES string of the molecule is C[C@@H](O)[C@H](N)C(=O)N[C@@H](CCC(=O)O)C(=O)N[C@@H](Cc1ccc(O)cc1)C(=O)O. The molecule has 160 valence electrons. The number of phenols is 1. The van der Waals surface area contributed by atoms with E-state index in [1.165, 1.54) is 31.2 Å². The predicted molar refractivity (Wildman–Crippen MR) is 99.8 cm³/mol. The topological polar surface area (TPSA) is 199 Å². The van der Waals surface area contributed by atoms with Gasteiger partial charge in [-0.1, -0.05) is 12.1 Å². The van der Waals surface area contributed by atoms with E-state index in [1.54, 1.807) is 0 Å². The van der Waals surface area contributed by atoms with E-state index in [4.69, 9.17) is 10.8 Å². The Bertz CT molecular complexity index is 735. The molecule has 2 amide bonds. The molecule has 8 N–H and O–H groups in total. The molecule has 4 atom stereocenters. The van der Waals surface area contributed by atoms with E-state index < -0.39 is 54.4 Å². The maximum absolute atomic E-state index is 12.5. The minimum Gasteiger partial charge on any atom is -0.508 e. The van der Waals surface area contributed by atoms with E-state index in [1.807, 2.05) is 0 Å². The molecule has 0 aliphatic rings. The minimum atomic E-state index is -1.36. The average molecular weight is 411 g/mol. The van der Waals surface area contributed by atoms with Crippen molar-refractivity contribution in [2.24, 2.45) is 5.73 Å². The van der Waals surface area contributed by atoms with Crippen molar-refractivity contribution in [3.63, 3.8) is 0 Å². The fourth-order valence-corrected chi connectivity index (χ4v) is 2.36. The Hall–Kier alpha value is -3.18. The number of hydrogen-bond acceptors (Lipinski definition) is 7. The Morgan fingerprint density at radius 2 is 1.55 bits per heavy atom. The summed E-state index contributed by atoms with van der Waals surface area (Å²) < 4.78 is 0. The Morgan fingerprint density at radius 1 is 1.00 bits per heavy atom. The van der Waals surface area contributed by atoms with Crippen LogP contribution >= 0.6 is 0 Å². The van der Waals surface area contributed by atoms with Crippen LogP contribution < -0.4 is 16.4 Å². The van der Waals surface area contributed by atoms with Gasteiger partial charge in [-0.2, -0.15) is 0 Å². The molecule has 11 heteroatoms. The lowest BCUT2D eigenvalue weighted by molar-refractivity contribution is -0.143. The van der Waals surface area contributed by atoms with Crippen LogP contribution in [0.4, 0.5) is 0 Å². The summed E-state index contributed by atoms with van der Waals surface area (Å²) in [6, 6.07) is 1.65. The number of carbonyl (C=O) groups excluding carboxylic acids is 2. The minimum absolute atomic E-state index is 0.00411. The van der Waals surface area contributed by atoms with Gasteiger partial charge in [0.25, 0.3) is 0 Å². The number of aromatic hydroxyl groups is 1. The molecule has 0 bridgehead atoms. The molecule has 0 unspecified atom stereocenters. The molecule has 0 heterocycles. The first kappa shape index (κ1) is 23.9. The van der Waals surface area contributed by atoms with E-state index >= 15 is 0 Å². The quantitative estimate of drug-likeness (QED) is 0.228. The number of aliphatic carboxylic acids is 2. The second-order valence-corrected chi connectivity index (χ2v) is 6.53. The van der Waals surface area contributed by atoms with Gasteiger partial charge in [0.05, 0.1) is 6.10 Å². The number of rotatable bonds is 11. The molecule has 0 saturated carbocycles. The lowest BCUT2D eigenvalue weighted by atomic mass is 10.0. The van der Waals surface area contributed by atoms with Gasteiger partial charge in [0.2, 0.25) is 11.8 Å². The lowest BCUT2D eigenvalue weighted by Gasteiger charge is -2.23. The summed E-state index contributed by atoms with van der Waals surface area (Å²) in [6.45, 7) is 1.27. The second kappa shape index (κ2) is 11.0. The number of carbonyl (C=O) groups is 4. The molecule has 0 saturated heterocycles. The summed E-state index contributed by atoms with van der Waals surface area (Å²) >= 11 is 0. The molecule has 29 heavy (non-hydrogen) atoms. The van der Waals surface area contributed by atoms with E-state index in [-0.39, 0.29) is 18.6 Å². The first-order chi connectivity index (χ1) is 13.5. The van der Waals surface area contributed by atoms with Crippen LogP contribution in [0.2, 0.25) is 0 Å². The molecular weight excluding hydrogens is 386 g/mol. The van der Waals surface area contributed by atoms with Gasteiger partial charge in [-0.25, -0.2) is 4.79 Å². The van der Waals surface area contributed by atoms with Gasteiger partial charge < -0.3 is 36.8 Å². The number of carboxylic acid groups (broad SMARTS) is 2. The van der Waals surface area contributed by atoms with Crippen molar-refractivity contribution < 1.29 is 39.6 Å². The normalized spacial score (nSPS) is 14.9. The first-order valence-electron chi connectivity index (χ1n) is 8.78. The molecule has 0 aromatic heterocycles. The van der Waals surface area contributed by atoms with Crippen molar-refractivity contribution in [2.75, 3.05) is 0 Å². The van der Waals surface area contributed by atoms with E-state index in [0.29, 0.717) is 5.56 Å². The number of nitrogens with two attached hydrogens (primary N) is 1. The third kappa shape index (κ3) is 8.15. The van der Waals surface area contributed by atoms with Crippen LogP contribution in [0.25, 0.3) is 0 Å². The molecule has 0 spiro atoms. The smallest absolute Gasteiger partial charge is 0.326 e. The van der Waals surface area contributed by atoms with Crippen LogP contribution in [-0.2, 0) is 25.6 Å². The Kier molecular flexibility index (Phi) is 9.03. The van der Waals surface area contributed by atoms with E-state index in [9.17, 15) is 34.5 Å². The number of nitrogens with one attached hydrogen (secondary N) is 2. The number of aliphatic hydroxyl groups is 1. The Labute approximate surface area is 166 Å². The number of aliphatic hydroxyl groups excluding tert-OH is 1. The maximum Gasteiger partial charge on any atom is 0.326 e. The lowest BCUT2D eigenvalue weighted by Crippen LogP contribution is -2.56. The third-order valence-electron chi connectivity index (χ3n) is 4.09. The highest BCUT2D eigenvalue weighted by molar-refractivity contribution is 5.92. The Morgan fingerprint density at radius 3 is 2.03 bits per heavy atom. The number of phenolic OH excluding ortho intramolecular Hbond substituents is 1. The maximum atomic E-state index is 12.5. The molecule has 1 rings (SSSR count). The third-order valence-corrected chi connectivity index (χ3v) is 4.09. The molecule has 11 nitrogen and oxygen atoms in total. The van der Waals surface area contributed by atoms with E-state index in [2.05, 4.69) is 10.6 Å². The van der Waals surface area contributed by atoms with Crippen molar-refractivity contribution >= 4 is 23.8 Å². The fourth-order valence-electron chi connectivity index (χ4n) is 2.36. The average Bonchev–Trinajstić information content (AvgIpc) is 2.64. The van der Waals surface area contributed by atoms with Crippen molar-refractivity contribution in [1.82, 2.24) is 10.6 Å². The number of hydrogen-bond donors (Lipinski definition) is 7. The Balaban J connectivity index is 2.90.